The molecule has 1 heterocycles. The van der Waals surface area contributed by atoms with Gasteiger partial charge in [-0.2, -0.15) is 0 Å². The van der Waals surface area contributed by atoms with E-state index in [1.54, 1.807) is 0 Å². The molecule has 0 aliphatic carbocycles. The van der Waals surface area contributed by atoms with Gasteiger partial charge >= 0.3 is 11.9 Å². The number of hydrogen-bond donors (Lipinski definition) is 4. The molecule has 1 atom stereocenters. The van der Waals surface area contributed by atoms with Crippen LogP contribution < -0.4 is 5.32 Å². The number of aromatic carboxylic acids is 1. The average Bonchev–Trinajstić information content (AvgIpc) is 2.77. The molecule has 1 aromatic rings. The van der Waals surface area contributed by atoms with E-state index in [-0.39, 0.29) is 18.1 Å². The van der Waals surface area contributed by atoms with E-state index in [1.807, 2.05) is 0 Å². The third kappa shape index (κ3) is 3.58. The van der Waals surface area contributed by atoms with E-state index in [4.69, 9.17) is 10.2 Å². The highest BCUT2D eigenvalue weighted by molar-refractivity contribution is 5.93. The molecule has 0 fully saturated rings. The van der Waals surface area contributed by atoms with E-state index in [0.29, 0.717) is 6.42 Å². The number of aromatic nitrogens is 2. The molecule has 0 spiro atoms. The third-order valence-corrected chi connectivity index (χ3v) is 2.31. The molecule has 0 radical (unpaired) electrons. The molecule has 0 unspecified atom stereocenters. The summed E-state index contributed by atoms with van der Waals surface area (Å²) in [6.45, 7) is 1.72. The molecular weight excluding hydrogens is 242 g/mol. The van der Waals surface area contributed by atoms with Crippen molar-refractivity contribution in [1.29, 1.82) is 0 Å². The third-order valence-electron chi connectivity index (χ3n) is 2.31. The first-order valence-corrected chi connectivity index (χ1v) is 5.21. The second kappa shape index (κ2) is 5.80. The molecule has 1 amide bonds. The molecule has 98 valence electrons. The molecule has 0 saturated heterocycles. The summed E-state index contributed by atoms with van der Waals surface area (Å²) in [7, 11) is 0. The van der Waals surface area contributed by atoms with E-state index in [1.165, 1.54) is 6.92 Å². The molecule has 8 nitrogen and oxygen atoms in total. The number of carboxylic acid groups (broad SMARTS) is 2. The van der Waals surface area contributed by atoms with Crippen molar-refractivity contribution in [3.63, 3.8) is 0 Å². The summed E-state index contributed by atoms with van der Waals surface area (Å²) >= 11 is 0. The minimum atomic E-state index is -1.26. The zero-order chi connectivity index (χ0) is 13.7. The fraction of sp³-hybridized carbons (Fsp3) is 0.400. The quantitative estimate of drug-likeness (QED) is 0.563. The number of rotatable bonds is 6. The summed E-state index contributed by atoms with van der Waals surface area (Å²) in [5.74, 6) is -3.58. The Morgan fingerprint density at radius 1 is 1.44 bits per heavy atom. The van der Waals surface area contributed by atoms with Crippen LogP contribution in [0.2, 0.25) is 0 Å². The van der Waals surface area contributed by atoms with Crippen molar-refractivity contribution >= 4 is 17.8 Å². The molecule has 0 aliphatic rings. The van der Waals surface area contributed by atoms with Crippen LogP contribution in [-0.2, 0) is 4.79 Å². The van der Waals surface area contributed by atoms with Crippen LogP contribution in [0.25, 0.3) is 0 Å². The Kier molecular flexibility index (Phi) is 4.41. The van der Waals surface area contributed by atoms with Crippen molar-refractivity contribution in [3.05, 3.63) is 17.7 Å². The maximum absolute atomic E-state index is 11.5. The predicted octanol–water partition coefficient (Wildman–Crippen LogP) is -0.0515. The lowest BCUT2D eigenvalue weighted by Gasteiger charge is -2.06. The number of amides is 1. The summed E-state index contributed by atoms with van der Waals surface area (Å²) in [6, 6.07) is 0. The lowest BCUT2D eigenvalue weighted by molar-refractivity contribution is -0.141. The number of aromatic amines is 1. The number of nitrogens with zero attached hydrogens (tertiary/aromatic N) is 1. The van der Waals surface area contributed by atoms with Crippen molar-refractivity contribution < 1.29 is 24.6 Å². The highest BCUT2D eigenvalue weighted by Crippen LogP contribution is 2.01. The molecule has 18 heavy (non-hydrogen) atoms. The number of carbonyl (C=O) groups excluding carboxylic acids is 1. The first-order chi connectivity index (χ1) is 8.41. The van der Waals surface area contributed by atoms with Gasteiger partial charge in [-0.05, 0) is 6.42 Å². The number of H-pyrrole nitrogens is 1. The molecule has 8 heteroatoms. The van der Waals surface area contributed by atoms with Crippen molar-refractivity contribution in [1.82, 2.24) is 15.3 Å². The zero-order valence-electron chi connectivity index (χ0n) is 9.64. The van der Waals surface area contributed by atoms with E-state index in [9.17, 15) is 14.4 Å². The Hall–Kier alpha value is -2.38. The molecule has 0 bridgehead atoms. The topological polar surface area (TPSA) is 132 Å². The van der Waals surface area contributed by atoms with Crippen molar-refractivity contribution in [2.75, 3.05) is 6.54 Å². The Morgan fingerprint density at radius 3 is 2.61 bits per heavy atom. The van der Waals surface area contributed by atoms with Gasteiger partial charge in [-0.1, -0.05) is 6.92 Å². The molecule has 0 saturated carbocycles. The monoisotopic (exact) mass is 255 g/mol. The fourth-order valence-electron chi connectivity index (χ4n) is 1.17. The van der Waals surface area contributed by atoms with Crippen LogP contribution in [0, 0.1) is 5.92 Å². The fourth-order valence-corrected chi connectivity index (χ4v) is 1.17. The van der Waals surface area contributed by atoms with Crippen LogP contribution >= 0.6 is 0 Å². The first-order valence-electron chi connectivity index (χ1n) is 5.21. The van der Waals surface area contributed by atoms with Gasteiger partial charge in [0.1, 0.15) is 5.69 Å². The SMILES string of the molecule is C[C@H](CCNC(=O)c1cnc(C(=O)O)[nH]1)C(=O)O. The van der Waals surface area contributed by atoms with Gasteiger partial charge in [0.2, 0.25) is 5.82 Å². The Balaban J connectivity index is 2.45. The number of nitrogens with one attached hydrogen (secondary N) is 2. The highest BCUT2D eigenvalue weighted by Gasteiger charge is 2.14. The standard InChI is InChI=1S/C10H13N3O5/c1-5(9(15)16)2-3-11-8(14)6-4-12-7(13-6)10(17)18/h4-5H,2-3H2,1H3,(H,11,14)(H,12,13)(H,15,16)(H,17,18)/t5-/m1/s1. The number of carboxylic acids is 2. The molecule has 4 N–H and O–H groups in total. The molecule has 1 rings (SSSR count). The minimum absolute atomic E-state index is 0.0235. The molecule has 0 aromatic carbocycles. The first kappa shape index (κ1) is 13.7. The van der Waals surface area contributed by atoms with Gasteiger partial charge < -0.3 is 20.5 Å². The van der Waals surface area contributed by atoms with Crippen LogP contribution in [-0.4, -0.2) is 44.6 Å². The van der Waals surface area contributed by atoms with Crippen LogP contribution in [0.5, 0.6) is 0 Å². The van der Waals surface area contributed by atoms with Crippen LogP contribution in [0.4, 0.5) is 0 Å². The van der Waals surface area contributed by atoms with Crippen LogP contribution in [0.3, 0.4) is 0 Å². The van der Waals surface area contributed by atoms with Crippen molar-refractivity contribution in [2.24, 2.45) is 5.92 Å². The Bertz CT molecular complexity index is 468. The van der Waals surface area contributed by atoms with Gasteiger partial charge in [-0.25, -0.2) is 9.78 Å². The van der Waals surface area contributed by atoms with E-state index < -0.39 is 23.8 Å². The number of hydrogen-bond acceptors (Lipinski definition) is 4. The van der Waals surface area contributed by atoms with Crippen molar-refractivity contribution in [2.45, 2.75) is 13.3 Å². The number of imidazole rings is 1. The smallest absolute Gasteiger partial charge is 0.371 e. The number of aliphatic carboxylic acids is 1. The summed E-state index contributed by atoms with van der Waals surface area (Å²) in [4.78, 5) is 38.4. The lowest BCUT2D eigenvalue weighted by atomic mass is 10.1. The van der Waals surface area contributed by atoms with Crippen LogP contribution in [0.15, 0.2) is 6.20 Å². The summed E-state index contributed by atoms with van der Waals surface area (Å²) in [5, 5.41) is 19.7. The summed E-state index contributed by atoms with van der Waals surface area (Å²) < 4.78 is 0. The predicted molar refractivity (Wildman–Crippen MR) is 59.3 cm³/mol. The lowest BCUT2D eigenvalue weighted by Crippen LogP contribution is -2.27. The van der Waals surface area contributed by atoms with E-state index in [2.05, 4.69) is 15.3 Å². The van der Waals surface area contributed by atoms with Gasteiger partial charge in [0.05, 0.1) is 12.1 Å². The minimum Gasteiger partial charge on any atom is -0.481 e. The summed E-state index contributed by atoms with van der Waals surface area (Å²) in [5.41, 5.74) is 0.0235. The Morgan fingerprint density at radius 2 is 2.11 bits per heavy atom. The second-order valence-electron chi connectivity index (χ2n) is 3.73. The summed E-state index contributed by atoms with van der Waals surface area (Å²) in [6.07, 6.45) is 1.40. The van der Waals surface area contributed by atoms with Gasteiger partial charge in [0, 0.05) is 6.54 Å². The maximum Gasteiger partial charge on any atom is 0.371 e. The van der Waals surface area contributed by atoms with Crippen LogP contribution in [0.1, 0.15) is 34.5 Å². The molecule has 1 aromatic heterocycles. The van der Waals surface area contributed by atoms with E-state index in [0.717, 1.165) is 6.20 Å². The average molecular weight is 255 g/mol. The van der Waals surface area contributed by atoms with Gasteiger partial charge in [-0.15, -0.1) is 0 Å². The largest absolute Gasteiger partial charge is 0.481 e. The normalized spacial score (nSPS) is 11.8. The molecule has 0 aliphatic heterocycles. The van der Waals surface area contributed by atoms with Gasteiger partial charge in [0.25, 0.3) is 5.91 Å². The van der Waals surface area contributed by atoms with E-state index >= 15 is 0 Å². The van der Waals surface area contributed by atoms with Gasteiger partial charge in [0.15, 0.2) is 0 Å². The zero-order valence-corrected chi connectivity index (χ0v) is 9.64. The Labute approximate surface area is 102 Å². The second-order valence-corrected chi connectivity index (χ2v) is 3.73. The highest BCUT2D eigenvalue weighted by atomic mass is 16.4. The maximum atomic E-state index is 11.5. The number of carbonyl (C=O) groups is 3. The molecular formula is C10H13N3O5. The van der Waals surface area contributed by atoms with Gasteiger partial charge in [-0.3, -0.25) is 9.59 Å². The van der Waals surface area contributed by atoms with Crippen molar-refractivity contribution in [3.8, 4) is 0 Å².